The first-order valence-electron chi connectivity index (χ1n) is 11.1. The number of carbonyl (C=O) groups is 3. The van der Waals surface area contributed by atoms with Crippen LogP contribution in [0.2, 0.25) is 0 Å². The maximum absolute atomic E-state index is 12.9. The summed E-state index contributed by atoms with van der Waals surface area (Å²) in [6.07, 6.45) is 1.24. The summed E-state index contributed by atoms with van der Waals surface area (Å²) >= 11 is 0. The van der Waals surface area contributed by atoms with E-state index in [1.807, 2.05) is 61.5 Å². The lowest BCUT2D eigenvalue weighted by Gasteiger charge is -2.24. The van der Waals surface area contributed by atoms with E-state index < -0.39 is 0 Å². The Kier molecular flexibility index (Phi) is 6.83. The van der Waals surface area contributed by atoms with E-state index in [-0.39, 0.29) is 36.1 Å². The van der Waals surface area contributed by atoms with Gasteiger partial charge in [0, 0.05) is 18.0 Å². The predicted molar refractivity (Wildman–Crippen MR) is 129 cm³/mol. The molecule has 0 radical (unpaired) electrons. The van der Waals surface area contributed by atoms with Crippen molar-refractivity contribution in [3.05, 3.63) is 95.6 Å². The zero-order chi connectivity index (χ0) is 23.2. The van der Waals surface area contributed by atoms with Gasteiger partial charge in [0.1, 0.15) is 0 Å². The van der Waals surface area contributed by atoms with Crippen molar-refractivity contribution in [3.63, 3.8) is 0 Å². The van der Waals surface area contributed by atoms with E-state index in [4.69, 9.17) is 0 Å². The van der Waals surface area contributed by atoms with E-state index in [2.05, 4.69) is 16.0 Å². The van der Waals surface area contributed by atoms with Crippen LogP contribution >= 0.6 is 0 Å². The molecule has 1 aliphatic rings. The van der Waals surface area contributed by atoms with Crippen LogP contribution in [0.5, 0.6) is 0 Å². The molecule has 3 aromatic carbocycles. The number of para-hydroxylation sites is 2. The molecule has 4 rings (SSSR count). The van der Waals surface area contributed by atoms with Crippen LogP contribution in [0.1, 0.15) is 47.3 Å². The van der Waals surface area contributed by atoms with Crippen LogP contribution < -0.4 is 16.0 Å². The van der Waals surface area contributed by atoms with E-state index in [9.17, 15) is 14.4 Å². The second-order valence-electron chi connectivity index (χ2n) is 8.29. The molecular weight excluding hydrogens is 414 g/mol. The number of carbonyl (C=O) groups excluding carboxylic acids is 3. The highest BCUT2D eigenvalue weighted by Crippen LogP contribution is 2.28. The standard InChI is InChI=1S/C27H27N3O3/c1-18(19-9-3-2-4-10-19)28-27(33)22-12-6-8-14-24(22)29-25(31)16-15-21-17-20-11-5-7-13-23(20)30-26(21)32/h2-14,18,21H,15-17H2,1H3,(H,28,33)(H,29,31)(H,30,32)/t18-,21+/m1/s1. The topological polar surface area (TPSA) is 87.3 Å². The monoisotopic (exact) mass is 441 g/mol. The number of benzene rings is 3. The summed E-state index contributed by atoms with van der Waals surface area (Å²) < 4.78 is 0. The fourth-order valence-corrected chi connectivity index (χ4v) is 4.05. The Morgan fingerprint density at radius 3 is 2.48 bits per heavy atom. The van der Waals surface area contributed by atoms with E-state index >= 15 is 0 Å². The number of anilines is 2. The minimum absolute atomic E-state index is 0.0591. The molecule has 3 N–H and O–H groups in total. The number of rotatable bonds is 7. The van der Waals surface area contributed by atoms with Gasteiger partial charge in [-0.05, 0) is 49.1 Å². The largest absolute Gasteiger partial charge is 0.345 e. The van der Waals surface area contributed by atoms with Gasteiger partial charge in [-0.3, -0.25) is 14.4 Å². The molecule has 2 atom stereocenters. The Morgan fingerprint density at radius 1 is 0.970 bits per heavy atom. The molecule has 3 aromatic rings. The van der Waals surface area contributed by atoms with E-state index in [0.717, 1.165) is 16.8 Å². The van der Waals surface area contributed by atoms with Crippen LogP contribution in [0.15, 0.2) is 78.9 Å². The van der Waals surface area contributed by atoms with Crippen molar-refractivity contribution in [1.29, 1.82) is 0 Å². The normalized spacial score (nSPS) is 15.7. The first-order chi connectivity index (χ1) is 16.0. The van der Waals surface area contributed by atoms with E-state index in [1.54, 1.807) is 24.3 Å². The summed E-state index contributed by atoms with van der Waals surface area (Å²) in [5.41, 5.74) is 3.78. The summed E-state index contributed by atoms with van der Waals surface area (Å²) in [5.74, 6) is -0.796. The van der Waals surface area contributed by atoms with Crippen molar-refractivity contribution in [2.24, 2.45) is 5.92 Å². The molecular formula is C27H27N3O3. The number of nitrogens with one attached hydrogen (secondary N) is 3. The molecule has 0 aromatic heterocycles. The summed E-state index contributed by atoms with van der Waals surface area (Å²) in [6.45, 7) is 1.92. The van der Waals surface area contributed by atoms with Gasteiger partial charge in [-0.25, -0.2) is 0 Å². The van der Waals surface area contributed by atoms with Gasteiger partial charge in [0.05, 0.1) is 17.3 Å². The fourth-order valence-electron chi connectivity index (χ4n) is 4.05. The zero-order valence-corrected chi connectivity index (χ0v) is 18.5. The molecule has 0 bridgehead atoms. The Bertz CT molecular complexity index is 1160. The SMILES string of the molecule is C[C@@H](NC(=O)c1ccccc1NC(=O)CC[C@H]1Cc2ccccc2NC1=O)c1ccccc1. The summed E-state index contributed by atoms with van der Waals surface area (Å²) in [4.78, 5) is 37.9. The smallest absolute Gasteiger partial charge is 0.253 e. The molecule has 168 valence electrons. The lowest BCUT2D eigenvalue weighted by Crippen LogP contribution is -2.31. The summed E-state index contributed by atoms with van der Waals surface area (Å²) in [6, 6.07) is 24.2. The maximum Gasteiger partial charge on any atom is 0.253 e. The third-order valence-corrected chi connectivity index (χ3v) is 5.93. The molecule has 0 fully saturated rings. The predicted octanol–water partition coefficient (Wildman–Crippen LogP) is 4.71. The second kappa shape index (κ2) is 10.1. The molecule has 6 heteroatoms. The van der Waals surface area contributed by atoms with Crippen molar-refractivity contribution >= 4 is 29.1 Å². The number of amides is 3. The Labute approximate surface area is 193 Å². The summed E-state index contributed by atoms with van der Waals surface area (Å²) in [5, 5.41) is 8.74. The number of hydrogen-bond acceptors (Lipinski definition) is 3. The highest BCUT2D eigenvalue weighted by molar-refractivity contribution is 6.04. The Hall–Kier alpha value is -3.93. The van der Waals surface area contributed by atoms with Crippen LogP contribution in [0.3, 0.4) is 0 Å². The number of hydrogen-bond donors (Lipinski definition) is 3. The maximum atomic E-state index is 12.9. The highest BCUT2D eigenvalue weighted by Gasteiger charge is 2.26. The molecule has 1 aliphatic heterocycles. The fraction of sp³-hybridized carbons (Fsp3) is 0.222. The van der Waals surface area contributed by atoms with Crippen LogP contribution in [-0.2, 0) is 16.0 Å². The molecule has 0 saturated heterocycles. The lowest BCUT2D eigenvalue weighted by atomic mass is 9.89. The molecule has 33 heavy (non-hydrogen) atoms. The van der Waals surface area contributed by atoms with Crippen LogP contribution in [0, 0.1) is 5.92 Å². The molecule has 1 heterocycles. The van der Waals surface area contributed by atoms with Gasteiger partial charge >= 0.3 is 0 Å². The third-order valence-electron chi connectivity index (χ3n) is 5.93. The second-order valence-corrected chi connectivity index (χ2v) is 8.29. The average Bonchev–Trinajstić information content (AvgIpc) is 2.83. The Morgan fingerprint density at radius 2 is 1.67 bits per heavy atom. The first kappa shape index (κ1) is 22.3. The van der Waals surface area contributed by atoms with Gasteiger partial charge in [0.25, 0.3) is 5.91 Å². The van der Waals surface area contributed by atoms with Crippen molar-refractivity contribution < 1.29 is 14.4 Å². The van der Waals surface area contributed by atoms with Crippen molar-refractivity contribution in [2.75, 3.05) is 10.6 Å². The average molecular weight is 442 g/mol. The quantitative estimate of drug-likeness (QED) is 0.496. The lowest BCUT2D eigenvalue weighted by molar-refractivity contribution is -0.121. The minimum Gasteiger partial charge on any atom is -0.345 e. The third kappa shape index (κ3) is 5.47. The van der Waals surface area contributed by atoms with Crippen molar-refractivity contribution in [1.82, 2.24) is 5.32 Å². The van der Waals surface area contributed by atoms with Gasteiger partial charge in [0.15, 0.2) is 0 Å². The van der Waals surface area contributed by atoms with Crippen LogP contribution in [-0.4, -0.2) is 17.7 Å². The van der Waals surface area contributed by atoms with Gasteiger partial charge in [-0.1, -0.05) is 60.7 Å². The number of fused-ring (bicyclic) bond motifs is 1. The summed E-state index contributed by atoms with van der Waals surface area (Å²) in [7, 11) is 0. The molecule has 0 unspecified atom stereocenters. The van der Waals surface area contributed by atoms with Crippen LogP contribution in [0.25, 0.3) is 0 Å². The van der Waals surface area contributed by atoms with Crippen molar-refractivity contribution in [2.45, 2.75) is 32.2 Å². The van der Waals surface area contributed by atoms with Gasteiger partial charge in [0.2, 0.25) is 11.8 Å². The Balaban J connectivity index is 1.36. The molecule has 0 saturated carbocycles. The van der Waals surface area contributed by atoms with E-state index in [0.29, 0.717) is 24.1 Å². The van der Waals surface area contributed by atoms with Gasteiger partial charge in [-0.2, -0.15) is 0 Å². The van der Waals surface area contributed by atoms with E-state index in [1.165, 1.54) is 0 Å². The van der Waals surface area contributed by atoms with Crippen molar-refractivity contribution in [3.8, 4) is 0 Å². The van der Waals surface area contributed by atoms with Gasteiger partial charge < -0.3 is 16.0 Å². The van der Waals surface area contributed by atoms with Gasteiger partial charge in [-0.15, -0.1) is 0 Å². The highest BCUT2D eigenvalue weighted by atomic mass is 16.2. The molecule has 3 amide bonds. The van der Waals surface area contributed by atoms with Crippen LogP contribution in [0.4, 0.5) is 11.4 Å². The zero-order valence-electron chi connectivity index (χ0n) is 18.5. The molecule has 0 spiro atoms. The molecule has 0 aliphatic carbocycles. The molecule has 6 nitrogen and oxygen atoms in total. The first-order valence-corrected chi connectivity index (χ1v) is 11.1. The minimum atomic E-state index is -0.259.